The molecule has 20 heavy (non-hydrogen) atoms. The van der Waals surface area contributed by atoms with Crippen LogP contribution in [0.2, 0.25) is 5.02 Å². The highest BCUT2D eigenvalue weighted by molar-refractivity contribution is 6.30. The maximum absolute atomic E-state index is 10.0. The fourth-order valence-electron chi connectivity index (χ4n) is 1.91. The lowest BCUT2D eigenvalue weighted by Gasteiger charge is -2.11. The normalized spacial score (nSPS) is 10.8. The first kappa shape index (κ1) is 14.6. The van der Waals surface area contributed by atoms with Crippen molar-refractivity contribution in [3.05, 3.63) is 34.9 Å². The molecule has 0 aliphatic carbocycles. The van der Waals surface area contributed by atoms with E-state index >= 15 is 0 Å². The minimum Gasteiger partial charge on any atom is -0.504 e. The lowest BCUT2D eigenvalue weighted by Crippen LogP contribution is -2.16. The molecular weight excluding hydrogens is 280 g/mol. The Labute approximate surface area is 122 Å². The topological polar surface area (TPSA) is 72.2 Å². The van der Waals surface area contributed by atoms with Gasteiger partial charge in [-0.2, -0.15) is 0 Å². The summed E-state index contributed by atoms with van der Waals surface area (Å²) in [6.07, 6.45) is 1.69. The van der Waals surface area contributed by atoms with Gasteiger partial charge in [0, 0.05) is 29.7 Å². The van der Waals surface area contributed by atoms with E-state index in [9.17, 15) is 5.11 Å². The Kier molecular flexibility index (Phi) is 4.81. The second-order valence-electron chi connectivity index (χ2n) is 4.25. The molecule has 1 aromatic heterocycles. The third-order valence-corrected chi connectivity index (χ3v) is 3.19. The number of aryl methyl sites for hydroxylation is 1. The maximum atomic E-state index is 10.0. The predicted molar refractivity (Wildman–Crippen MR) is 75.9 cm³/mol. The molecule has 0 radical (unpaired) electrons. The molecule has 0 bridgehead atoms. The Bertz CT molecular complexity index is 586. The summed E-state index contributed by atoms with van der Waals surface area (Å²) >= 11 is 5.98. The van der Waals surface area contributed by atoms with Crippen molar-refractivity contribution in [1.29, 1.82) is 0 Å². The molecule has 0 unspecified atom stereocenters. The zero-order valence-electron chi connectivity index (χ0n) is 11.4. The van der Waals surface area contributed by atoms with E-state index in [1.54, 1.807) is 18.5 Å². The molecule has 0 atom stereocenters. The summed E-state index contributed by atoms with van der Waals surface area (Å²) in [6, 6.07) is 3.28. The third kappa shape index (κ3) is 3.20. The Morgan fingerprint density at radius 1 is 1.40 bits per heavy atom. The molecule has 6 nitrogen and oxygen atoms in total. The van der Waals surface area contributed by atoms with Gasteiger partial charge in [-0.05, 0) is 13.0 Å². The van der Waals surface area contributed by atoms with Crippen molar-refractivity contribution in [1.82, 2.24) is 20.1 Å². The van der Waals surface area contributed by atoms with E-state index in [-0.39, 0.29) is 5.75 Å². The molecule has 2 rings (SSSR count). The van der Waals surface area contributed by atoms with E-state index in [4.69, 9.17) is 16.3 Å². The molecule has 2 N–H and O–H groups in total. The molecule has 1 heterocycles. The number of halogens is 1. The van der Waals surface area contributed by atoms with Crippen molar-refractivity contribution in [2.45, 2.75) is 26.6 Å². The zero-order valence-corrected chi connectivity index (χ0v) is 12.2. The fraction of sp³-hybridized carbons (Fsp3) is 0.385. The lowest BCUT2D eigenvalue weighted by molar-refractivity contribution is 0.369. The Hall–Kier alpha value is -1.79. The lowest BCUT2D eigenvalue weighted by atomic mass is 10.2. The van der Waals surface area contributed by atoms with Crippen LogP contribution in [0.4, 0.5) is 0 Å². The fourth-order valence-corrected chi connectivity index (χ4v) is 2.14. The van der Waals surface area contributed by atoms with Gasteiger partial charge in [0.25, 0.3) is 0 Å². The van der Waals surface area contributed by atoms with E-state index in [0.717, 1.165) is 12.4 Å². The molecule has 2 aromatic rings. The highest BCUT2D eigenvalue weighted by Crippen LogP contribution is 2.33. The Morgan fingerprint density at radius 3 is 2.90 bits per heavy atom. The average molecular weight is 297 g/mol. The molecule has 0 saturated carbocycles. The van der Waals surface area contributed by atoms with Crippen LogP contribution in [-0.2, 0) is 19.6 Å². The van der Waals surface area contributed by atoms with Crippen LogP contribution in [0.1, 0.15) is 18.3 Å². The zero-order chi connectivity index (χ0) is 14.5. The second-order valence-corrected chi connectivity index (χ2v) is 4.69. The first-order chi connectivity index (χ1) is 9.65. The van der Waals surface area contributed by atoms with Crippen molar-refractivity contribution in [3.8, 4) is 11.5 Å². The number of hydrogen-bond donors (Lipinski definition) is 2. The first-order valence-electron chi connectivity index (χ1n) is 6.28. The monoisotopic (exact) mass is 296 g/mol. The van der Waals surface area contributed by atoms with Gasteiger partial charge in [0.1, 0.15) is 12.2 Å². The largest absolute Gasteiger partial charge is 0.504 e. The molecule has 7 heteroatoms. The second kappa shape index (κ2) is 6.58. The minimum atomic E-state index is 0.0985. The van der Waals surface area contributed by atoms with Gasteiger partial charge in [-0.1, -0.05) is 11.6 Å². The number of nitrogens with zero attached hydrogens (tertiary/aromatic N) is 3. The summed E-state index contributed by atoms with van der Waals surface area (Å²) in [5.74, 6) is 1.31. The van der Waals surface area contributed by atoms with E-state index in [0.29, 0.717) is 29.4 Å². The number of aromatic hydroxyl groups is 1. The summed E-state index contributed by atoms with van der Waals surface area (Å²) < 4.78 is 7.02. The summed E-state index contributed by atoms with van der Waals surface area (Å²) in [4.78, 5) is 0. The van der Waals surface area contributed by atoms with Crippen molar-refractivity contribution in [3.63, 3.8) is 0 Å². The van der Waals surface area contributed by atoms with Gasteiger partial charge in [0.15, 0.2) is 11.5 Å². The van der Waals surface area contributed by atoms with Crippen LogP contribution in [0.25, 0.3) is 0 Å². The van der Waals surface area contributed by atoms with Gasteiger partial charge in [-0.25, -0.2) is 0 Å². The summed E-state index contributed by atoms with van der Waals surface area (Å²) in [6.45, 7) is 3.86. The predicted octanol–water partition coefficient (Wildman–Crippen LogP) is 1.96. The molecule has 0 amide bonds. The van der Waals surface area contributed by atoms with E-state index in [2.05, 4.69) is 15.5 Å². The number of nitrogens with one attached hydrogen (secondary N) is 1. The Balaban J connectivity index is 2.02. The van der Waals surface area contributed by atoms with E-state index in [1.165, 1.54) is 7.11 Å². The smallest absolute Gasteiger partial charge is 0.162 e. The molecule has 0 fully saturated rings. The number of phenols is 1. The van der Waals surface area contributed by atoms with Crippen LogP contribution >= 0.6 is 11.6 Å². The molecule has 0 aliphatic heterocycles. The highest BCUT2D eigenvalue weighted by atomic mass is 35.5. The summed E-state index contributed by atoms with van der Waals surface area (Å²) in [5.41, 5.74) is 0.678. The number of benzene rings is 1. The maximum Gasteiger partial charge on any atom is 0.162 e. The van der Waals surface area contributed by atoms with Gasteiger partial charge in [-0.15, -0.1) is 10.2 Å². The van der Waals surface area contributed by atoms with E-state index in [1.807, 2.05) is 11.5 Å². The van der Waals surface area contributed by atoms with Gasteiger partial charge >= 0.3 is 0 Å². The number of phenolic OH excluding ortho intramolecular Hbond substituents is 1. The van der Waals surface area contributed by atoms with Gasteiger partial charge in [0.05, 0.1) is 13.7 Å². The van der Waals surface area contributed by atoms with Crippen molar-refractivity contribution in [2.24, 2.45) is 0 Å². The van der Waals surface area contributed by atoms with Crippen molar-refractivity contribution in [2.75, 3.05) is 7.11 Å². The quantitative estimate of drug-likeness (QED) is 0.852. The van der Waals surface area contributed by atoms with Gasteiger partial charge < -0.3 is 19.7 Å². The first-order valence-corrected chi connectivity index (χ1v) is 6.66. The number of aromatic nitrogens is 3. The Morgan fingerprint density at radius 2 is 2.20 bits per heavy atom. The van der Waals surface area contributed by atoms with Crippen LogP contribution in [0.15, 0.2) is 18.5 Å². The molecule has 1 aromatic carbocycles. The van der Waals surface area contributed by atoms with Crippen LogP contribution in [0.5, 0.6) is 11.5 Å². The van der Waals surface area contributed by atoms with Crippen molar-refractivity contribution >= 4 is 11.6 Å². The van der Waals surface area contributed by atoms with Crippen LogP contribution < -0.4 is 10.1 Å². The van der Waals surface area contributed by atoms with Crippen molar-refractivity contribution < 1.29 is 9.84 Å². The third-order valence-electron chi connectivity index (χ3n) is 2.97. The minimum absolute atomic E-state index is 0.0985. The van der Waals surface area contributed by atoms with Crippen LogP contribution in [0.3, 0.4) is 0 Å². The summed E-state index contributed by atoms with van der Waals surface area (Å²) in [5, 5.41) is 21.6. The molecule has 0 spiro atoms. The molecule has 0 saturated heterocycles. The molecule has 108 valence electrons. The van der Waals surface area contributed by atoms with Crippen LogP contribution in [-0.4, -0.2) is 27.0 Å². The van der Waals surface area contributed by atoms with Gasteiger partial charge in [-0.3, -0.25) is 0 Å². The van der Waals surface area contributed by atoms with E-state index < -0.39 is 0 Å². The number of hydrogen-bond acceptors (Lipinski definition) is 5. The SMILES string of the molecule is CCn1cnnc1CNCc1cc(Cl)cc(OC)c1O. The average Bonchev–Trinajstić information content (AvgIpc) is 2.89. The number of ether oxygens (including phenoxy) is 1. The standard InChI is InChI=1S/C13H17ClN4O2/c1-3-18-8-16-17-12(18)7-15-6-9-4-10(14)5-11(20-2)13(9)19/h4-5,8,15,19H,3,6-7H2,1-2H3. The molecular formula is C13H17ClN4O2. The highest BCUT2D eigenvalue weighted by Gasteiger charge is 2.10. The number of methoxy groups -OCH3 is 1. The molecule has 0 aliphatic rings. The van der Waals surface area contributed by atoms with Gasteiger partial charge in [0.2, 0.25) is 0 Å². The van der Waals surface area contributed by atoms with Crippen LogP contribution in [0, 0.1) is 0 Å². The number of rotatable bonds is 6. The summed E-state index contributed by atoms with van der Waals surface area (Å²) in [7, 11) is 1.49.